The summed E-state index contributed by atoms with van der Waals surface area (Å²) < 4.78 is 5.12. The highest BCUT2D eigenvalue weighted by Gasteiger charge is 2.22. The molecule has 1 rings (SSSR count). The van der Waals surface area contributed by atoms with Gasteiger partial charge in [0.25, 0.3) is 0 Å². The molecule has 0 aliphatic carbocycles. The highest BCUT2D eigenvalue weighted by molar-refractivity contribution is 5.98. The van der Waals surface area contributed by atoms with Gasteiger partial charge in [-0.2, -0.15) is 0 Å². The number of hydrogen-bond acceptors (Lipinski definition) is 4. The van der Waals surface area contributed by atoms with Gasteiger partial charge in [0.1, 0.15) is 5.75 Å². The highest BCUT2D eigenvalue weighted by Crippen LogP contribution is 2.28. The third-order valence-corrected chi connectivity index (χ3v) is 2.35. The number of hydrogen-bond donors (Lipinski definition) is 3. The van der Waals surface area contributed by atoms with Crippen LogP contribution in [-0.2, 0) is 9.59 Å². The first-order valence-electron chi connectivity index (χ1n) is 5.80. The largest absolute Gasteiger partial charge is 0.495 e. The van der Waals surface area contributed by atoms with E-state index in [0.29, 0.717) is 17.1 Å². The Kier molecular flexibility index (Phi) is 6.48. The first kappa shape index (κ1) is 18.2. The predicted octanol–water partition coefficient (Wildman–Crippen LogP) is 1.75. The lowest BCUT2D eigenvalue weighted by atomic mass is 10.1. The van der Waals surface area contributed by atoms with Crippen molar-refractivity contribution in [3.63, 3.8) is 0 Å². The fourth-order valence-electron chi connectivity index (χ4n) is 1.37. The van der Waals surface area contributed by atoms with Crippen LogP contribution in [0.3, 0.4) is 0 Å². The van der Waals surface area contributed by atoms with Crippen LogP contribution in [0.15, 0.2) is 18.2 Å². The van der Waals surface area contributed by atoms with Crippen molar-refractivity contribution in [2.75, 3.05) is 17.7 Å². The number of amides is 2. The topological polar surface area (TPSA) is 93.4 Å². The summed E-state index contributed by atoms with van der Waals surface area (Å²) in [5.41, 5.74) is 5.74. The van der Waals surface area contributed by atoms with Gasteiger partial charge in [-0.15, -0.1) is 12.4 Å². The number of nitrogens with two attached hydrogens (primary N) is 1. The number of methoxy groups -OCH3 is 1. The predicted molar refractivity (Wildman–Crippen MR) is 81.4 cm³/mol. The molecule has 0 aliphatic heterocycles. The summed E-state index contributed by atoms with van der Waals surface area (Å²) in [6, 6.07) is 4.95. The second kappa shape index (κ2) is 7.12. The highest BCUT2D eigenvalue weighted by atomic mass is 35.5. The summed E-state index contributed by atoms with van der Waals surface area (Å²) in [4.78, 5) is 22.9. The molecule has 0 heterocycles. The summed E-state index contributed by atoms with van der Waals surface area (Å²) in [5.74, 6) is -0.0208. The van der Waals surface area contributed by atoms with Crippen molar-refractivity contribution in [2.45, 2.75) is 26.3 Å². The summed E-state index contributed by atoms with van der Waals surface area (Å²) in [5, 5.41) is 5.31. The van der Waals surface area contributed by atoms with Gasteiger partial charge in [-0.1, -0.05) is 0 Å². The Hall–Kier alpha value is -1.79. The Bertz CT molecular complexity index is 498. The third kappa shape index (κ3) is 5.07. The molecule has 1 aromatic carbocycles. The molecule has 0 saturated carbocycles. The quantitative estimate of drug-likeness (QED) is 0.790. The molecule has 112 valence electrons. The SMILES string of the molecule is COc1ccc(NC(=O)C(C)(C)N)cc1NC(C)=O.Cl. The number of carbonyl (C=O) groups excluding carboxylic acids is 2. The van der Waals surface area contributed by atoms with Gasteiger partial charge >= 0.3 is 0 Å². The Morgan fingerprint density at radius 2 is 1.85 bits per heavy atom. The zero-order chi connectivity index (χ0) is 14.6. The van der Waals surface area contributed by atoms with Crippen LogP contribution >= 0.6 is 12.4 Å². The van der Waals surface area contributed by atoms with Crippen LogP contribution in [0.5, 0.6) is 5.75 Å². The minimum atomic E-state index is -0.978. The number of rotatable bonds is 4. The van der Waals surface area contributed by atoms with Crippen LogP contribution in [-0.4, -0.2) is 24.5 Å². The van der Waals surface area contributed by atoms with E-state index in [-0.39, 0.29) is 24.2 Å². The molecule has 0 radical (unpaired) electrons. The molecular weight excluding hydrogens is 282 g/mol. The van der Waals surface area contributed by atoms with Gasteiger partial charge in [0.2, 0.25) is 11.8 Å². The maximum Gasteiger partial charge on any atom is 0.243 e. The van der Waals surface area contributed by atoms with Gasteiger partial charge in [-0.25, -0.2) is 0 Å². The Labute approximate surface area is 124 Å². The van der Waals surface area contributed by atoms with Crippen molar-refractivity contribution in [3.05, 3.63) is 18.2 Å². The summed E-state index contributed by atoms with van der Waals surface area (Å²) in [6.07, 6.45) is 0. The van der Waals surface area contributed by atoms with Crippen molar-refractivity contribution < 1.29 is 14.3 Å². The molecule has 0 unspecified atom stereocenters. The molecule has 0 aromatic heterocycles. The molecule has 0 fully saturated rings. The second-order valence-corrected chi connectivity index (χ2v) is 4.77. The standard InChI is InChI=1S/C13H19N3O3.ClH/c1-8(17)15-10-7-9(5-6-11(10)19-4)16-12(18)13(2,3)14;/h5-7H,14H2,1-4H3,(H,15,17)(H,16,18);1H. The molecule has 0 atom stereocenters. The molecule has 0 saturated heterocycles. The fraction of sp³-hybridized carbons (Fsp3) is 0.385. The van der Waals surface area contributed by atoms with E-state index in [4.69, 9.17) is 10.5 Å². The first-order valence-corrected chi connectivity index (χ1v) is 5.80. The molecule has 0 bridgehead atoms. The number of nitrogens with one attached hydrogen (secondary N) is 2. The first-order chi connectivity index (χ1) is 8.74. The van der Waals surface area contributed by atoms with Gasteiger partial charge in [-0.3, -0.25) is 9.59 Å². The second-order valence-electron chi connectivity index (χ2n) is 4.77. The maximum absolute atomic E-state index is 11.8. The Morgan fingerprint density at radius 3 is 2.30 bits per heavy atom. The minimum absolute atomic E-state index is 0. The Balaban J connectivity index is 0.00000361. The molecule has 0 aliphatic rings. The van der Waals surface area contributed by atoms with Crippen LogP contribution in [0.4, 0.5) is 11.4 Å². The van der Waals surface area contributed by atoms with E-state index in [1.165, 1.54) is 14.0 Å². The minimum Gasteiger partial charge on any atom is -0.495 e. The van der Waals surface area contributed by atoms with E-state index in [2.05, 4.69) is 10.6 Å². The monoisotopic (exact) mass is 301 g/mol. The van der Waals surface area contributed by atoms with Gasteiger partial charge in [0, 0.05) is 12.6 Å². The lowest BCUT2D eigenvalue weighted by molar-refractivity contribution is -0.120. The van der Waals surface area contributed by atoms with E-state index in [1.54, 1.807) is 32.0 Å². The average molecular weight is 302 g/mol. The van der Waals surface area contributed by atoms with E-state index >= 15 is 0 Å². The van der Waals surface area contributed by atoms with E-state index < -0.39 is 5.54 Å². The van der Waals surface area contributed by atoms with Crippen molar-refractivity contribution in [3.8, 4) is 5.75 Å². The normalized spacial score (nSPS) is 10.2. The molecule has 0 spiro atoms. The van der Waals surface area contributed by atoms with E-state index in [9.17, 15) is 9.59 Å². The Morgan fingerprint density at radius 1 is 1.25 bits per heavy atom. The van der Waals surface area contributed by atoms with Gasteiger partial charge in [0.15, 0.2) is 0 Å². The van der Waals surface area contributed by atoms with Crippen LogP contribution < -0.4 is 21.1 Å². The van der Waals surface area contributed by atoms with Crippen molar-refractivity contribution in [1.82, 2.24) is 0 Å². The van der Waals surface area contributed by atoms with Crippen LogP contribution in [0.2, 0.25) is 0 Å². The van der Waals surface area contributed by atoms with Crippen LogP contribution in [0, 0.1) is 0 Å². The smallest absolute Gasteiger partial charge is 0.243 e. The number of carbonyl (C=O) groups is 2. The number of anilines is 2. The van der Waals surface area contributed by atoms with Gasteiger partial charge in [-0.05, 0) is 32.0 Å². The maximum atomic E-state index is 11.8. The number of ether oxygens (including phenoxy) is 1. The average Bonchev–Trinajstić information content (AvgIpc) is 2.27. The fourth-order valence-corrected chi connectivity index (χ4v) is 1.37. The molecule has 1 aromatic rings. The molecule has 4 N–H and O–H groups in total. The number of halogens is 1. The van der Waals surface area contributed by atoms with Gasteiger partial charge in [0.05, 0.1) is 18.3 Å². The zero-order valence-electron chi connectivity index (χ0n) is 11.9. The molecule has 6 nitrogen and oxygen atoms in total. The summed E-state index contributed by atoms with van der Waals surface area (Å²) in [7, 11) is 1.50. The van der Waals surface area contributed by atoms with Crippen molar-refractivity contribution >= 4 is 35.6 Å². The van der Waals surface area contributed by atoms with Crippen molar-refractivity contribution in [1.29, 1.82) is 0 Å². The van der Waals surface area contributed by atoms with Crippen LogP contribution in [0.1, 0.15) is 20.8 Å². The molecule has 20 heavy (non-hydrogen) atoms. The zero-order valence-corrected chi connectivity index (χ0v) is 12.8. The summed E-state index contributed by atoms with van der Waals surface area (Å²) >= 11 is 0. The van der Waals surface area contributed by atoms with E-state index in [0.717, 1.165) is 0 Å². The lowest BCUT2D eigenvalue weighted by Crippen LogP contribution is -2.45. The van der Waals surface area contributed by atoms with Crippen molar-refractivity contribution in [2.24, 2.45) is 5.73 Å². The molecular formula is C13H20ClN3O3. The number of benzene rings is 1. The lowest BCUT2D eigenvalue weighted by Gasteiger charge is -2.18. The summed E-state index contributed by atoms with van der Waals surface area (Å²) in [6.45, 7) is 4.62. The third-order valence-electron chi connectivity index (χ3n) is 2.35. The molecule has 7 heteroatoms. The van der Waals surface area contributed by atoms with Gasteiger partial charge < -0.3 is 21.1 Å². The van der Waals surface area contributed by atoms with E-state index in [1.807, 2.05) is 0 Å². The van der Waals surface area contributed by atoms with Crippen LogP contribution in [0.25, 0.3) is 0 Å². The molecule has 2 amide bonds.